The van der Waals surface area contributed by atoms with Crippen LogP contribution in [0.5, 0.6) is 0 Å². The van der Waals surface area contributed by atoms with Gasteiger partial charge in [0.15, 0.2) is 0 Å². The van der Waals surface area contributed by atoms with Crippen molar-refractivity contribution in [1.82, 2.24) is 5.32 Å². The van der Waals surface area contributed by atoms with Gasteiger partial charge in [-0.05, 0) is 31.5 Å². The molecule has 0 aliphatic rings. The van der Waals surface area contributed by atoms with E-state index < -0.39 is 18.6 Å². The monoisotopic (exact) mass is 265 g/mol. The highest BCUT2D eigenvalue weighted by Crippen LogP contribution is 2.23. The maximum atomic E-state index is 12.2. The first-order valence-electron chi connectivity index (χ1n) is 5.36. The molecule has 0 aliphatic heterocycles. The molecule has 0 spiro atoms. The van der Waals surface area contributed by atoms with Crippen LogP contribution in [-0.4, -0.2) is 12.2 Å². The third-order valence-electron chi connectivity index (χ3n) is 2.44. The van der Waals surface area contributed by atoms with Crippen LogP contribution in [0.4, 0.5) is 13.2 Å². The highest BCUT2D eigenvalue weighted by molar-refractivity contribution is 6.30. The van der Waals surface area contributed by atoms with Crippen LogP contribution in [0.1, 0.15) is 31.9 Å². The number of halogens is 4. The summed E-state index contributed by atoms with van der Waals surface area (Å²) < 4.78 is 36.5. The number of benzene rings is 1. The number of rotatable bonds is 4. The minimum Gasteiger partial charge on any atom is -0.307 e. The van der Waals surface area contributed by atoms with Crippen molar-refractivity contribution < 1.29 is 13.2 Å². The van der Waals surface area contributed by atoms with Crippen molar-refractivity contribution in [3.8, 4) is 0 Å². The molecule has 1 aromatic carbocycles. The van der Waals surface area contributed by atoms with E-state index in [1.54, 1.807) is 24.3 Å². The molecule has 2 atom stereocenters. The average Bonchev–Trinajstić information content (AvgIpc) is 2.15. The summed E-state index contributed by atoms with van der Waals surface area (Å²) in [6.07, 6.45) is -4.96. The standard InChI is InChI=1S/C12H15ClF3N/c1-8(7-12(14,15)16)17-9(2)10-3-5-11(13)6-4-10/h3-6,8-9,17H,7H2,1-2H3. The van der Waals surface area contributed by atoms with Gasteiger partial charge in [-0.15, -0.1) is 0 Å². The molecule has 0 radical (unpaired) electrons. The lowest BCUT2D eigenvalue weighted by Crippen LogP contribution is -2.33. The molecule has 1 nitrogen and oxygen atoms in total. The SMILES string of the molecule is CC(CC(F)(F)F)NC(C)c1ccc(Cl)cc1. The topological polar surface area (TPSA) is 12.0 Å². The molecule has 1 rings (SSSR count). The summed E-state index contributed by atoms with van der Waals surface area (Å²) in [5.41, 5.74) is 0.920. The van der Waals surface area contributed by atoms with Crippen LogP contribution in [0.3, 0.4) is 0 Å². The first kappa shape index (κ1) is 14.3. The smallest absolute Gasteiger partial charge is 0.307 e. The van der Waals surface area contributed by atoms with E-state index in [-0.39, 0.29) is 6.04 Å². The second kappa shape index (κ2) is 5.74. The van der Waals surface area contributed by atoms with Gasteiger partial charge in [0.05, 0.1) is 6.42 Å². The number of nitrogens with one attached hydrogen (secondary N) is 1. The largest absolute Gasteiger partial charge is 0.390 e. The van der Waals surface area contributed by atoms with Gasteiger partial charge in [-0.3, -0.25) is 0 Å². The molecule has 17 heavy (non-hydrogen) atoms. The van der Waals surface area contributed by atoms with Crippen molar-refractivity contribution in [2.45, 2.75) is 38.5 Å². The lowest BCUT2D eigenvalue weighted by atomic mass is 10.1. The first-order valence-corrected chi connectivity index (χ1v) is 5.74. The summed E-state index contributed by atoms with van der Waals surface area (Å²) in [6, 6.07) is 6.32. The van der Waals surface area contributed by atoms with Gasteiger partial charge in [0, 0.05) is 17.1 Å². The maximum absolute atomic E-state index is 12.2. The molecule has 0 aliphatic carbocycles. The Morgan fingerprint density at radius 2 is 1.71 bits per heavy atom. The highest BCUT2D eigenvalue weighted by atomic mass is 35.5. The van der Waals surface area contributed by atoms with Crippen molar-refractivity contribution >= 4 is 11.6 Å². The molecule has 1 N–H and O–H groups in total. The molecule has 0 saturated heterocycles. The molecule has 5 heteroatoms. The summed E-state index contributed by atoms with van der Waals surface area (Å²) in [7, 11) is 0. The summed E-state index contributed by atoms with van der Waals surface area (Å²) in [5, 5.41) is 3.52. The Morgan fingerprint density at radius 1 is 1.18 bits per heavy atom. The van der Waals surface area contributed by atoms with Crippen LogP contribution in [0.2, 0.25) is 5.02 Å². The number of hydrogen-bond donors (Lipinski definition) is 1. The van der Waals surface area contributed by atoms with E-state index in [1.165, 1.54) is 6.92 Å². The molecule has 0 bridgehead atoms. The van der Waals surface area contributed by atoms with E-state index in [2.05, 4.69) is 5.32 Å². The quantitative estimate of drug-likeness (QED) is 0.854. The minimum atomic E-state index is -4.13. The Labute approximate surface area is 104 Å². The van der Waals surface area contributed by atoms with Crippen LogP contribution < -0.4 is 5.32 Å². The maximum Gasteiger partial charge on any atom is 0.390 e. The second-order valence-corrected chi connectivity index (χ2v) is 4.60. The predicted molar refractivity (Wildman–Crippen MR) is 63.1 cm³/mol. The van der Waals surface area contributed by atoms with Crippen molar-refractivity contribution in [3.63, 3.8) is 0 Å². The fourth-order valence-corrected chi connectivity index (χ4v) is 1.81. The van der Waals surface area contributed by atoms with Crippen LogP contribution in [0.15, 0.2) is 24.3 Å². The lowest BCUT2D eigenvalue weighted by molar-refractivity contribution is -0.139. The second-order valence-electron chi connectivity index (χ2n) is 4.16. The van der Waals surface area contributed by atoms with E-state index >= 15 is 0 Å². The Hall–Kier alpha value is -0.740. The van der Waals surface area contributed by atoms with Gasteiger partial charge in [0.1, 0.15) is 0 Å². The van der Waals surface area contributed by atoms with Gasteiger partial charge in [0.2, 0.25) is 0 Å². The highest BCUT2D eigenvalue weighted by Gasteiger charge is 2.30. The average molecular weight is 266 g/mol. The van der Waals surface area contributed by atoms with Gasteiger partial charge >= 0.3 is 6.18 Å². The van der Waals surface area contributed by atoms with Gasteiger partial charge in [-0.1, -0.05) is 23.7 Å². The van der Waals surface area contributed by atoms with Crippen LogP contribution in [0.25, 0.3) is 0 Å². The summed E-state index contributed by atoms with van der Waals surface area (Å²) >= 11 is 5.74. The molecular weight excluding hydrogens is 251 g/mol. The number of hydrogen-bond acceptors (Lipinski definition) is 1. The zero-order valence-corrected chi connectivity index (χ0v) is 10.4. The van der Waals surface area contributed by atoms with Gasteiger partial charge < -0.3 is 5.32 Å². The van der Waals surface area contributed by atoms with E-state index in [1.807, 2.05) is 6.92 Å². The van der Waals surface area contributed by atoms with Crippen molar-refractivity contribution in [3.05, 3.63) is 34.9 Å². The third kappa shape index (κ3) is 5.41. The predicted octanol–water partition coefficient (Wildman–Crippen LogP) is 4.33. The van der Waals surface area contributed by atoms with E-state index in [0.717, 1.165) is 5.56 Å². The van der Waals surface area contributed by atoms with Crippen molar-refractivity contribution in [2.24, 2.45) is 0 Å². The molecule has 0 aromatic heterocycles. The molecule has 0 heterocycles. The van der Waals surface area contributed by atoms with Gasteiger partial charge in [0.25, 0.3) is 0 Å². The summed E-state index contributed by atoms with van der Waals surface area (Å²) in [4.78, 5) is 0. The van der Waals surface area contributed by atoms with Gasteiger partial charge in [-0.25, -0.2) is 0 Å². The van der Waals surface area contributed by atoms with E-state index in [4.69, 9.17) is 11.6 Å². The normalized spacial score (nSPS) is 15.6. The number of alkyl halides is 3. The molecule has 0 saturated carbocycles. The molecule has 0 fully saturated rings. The Kier molecular flexibility index (Phi) is 4.83. The van der Waals surface area contributed by atoms with E-state index in [9.17, 15) is 13.2 Å². The van der Waals surface area contributed by atoms with Crippen LogP contribution in [0, 0.1) is 0 Å². The molecular formula is C12H15ClF3N. The summed E-state index contributed by atoms with van der Waals surface area (Å²) in [5.74, 6) is 0. The zero-order valence-electron chi connectivity index (χ0n) is 9.68. The molecule has 0 amide bonds. The van der Waals surface area contributed by atoms with Crippen molar-refractivity contribution in [1.29, 1.82) is 0 Å². The Bertz CT molecular complexity index is 348. The zero-order chi connectivity index (χ0) is 13.1. The molecule has 1 aromatic rings. The van der Waals surface area contributed by atoms with Gasteiger partial charge in [-0.2, -0.15) is 13.2 Å². The summed E-state index contributed by atoms with van der Waals surface area (Å²) in [6.45, 7) is 3.36. The fraction of sp³-hybridized carbons (Fsp3) is 0.500. The van der Waals surface area contributed by atoms with Crippen molar-refractivity contribution in [2.75, 3.05) is 0 Å². The lowest BCUT2D eigenvalue weighted by Gasteiger charge is -2.21. The Balaban J connectivity index is 2.54. The van der Waals surface area contributed by atoms with Crippen LogP contribution in [-0.2, 0) is 0 Å². The molecule has 2 unspecified atom stereocenters. The third-order valence-corrected chi connectivity index (χ3v) is 2.69. The van der Waals surface area contributed by atoms with E-state index in [0.29, 0.717) is 5.02 Å². The Morgan fingerprint density at radius 3 is 2.18 bits per heavy atom. The molecule has 96 valence electrons. The fourth-order valence-electron chi connectivity index (χ4n) is 1.68. The first-order chi connectivity index (χ1) is 7.78. The minimum absolute atomic E-state index is 0.135. The van der Waals surface area contributed by atoms with Crippen LogP contribution >= 0.6 is 11.6 Å².